The maximum absolute atomic E-state index is 10.7. The number of nitrogens with two attached hydrogens (primary N) is 1. The van der Waals surface area contributed by atoms with Gasteiger partial charge in [-0.25, -0.2) is 9.78 Å². The third-order valence-corrected chi connectivity index (χ3v) is 2.30. The van der Waals surface area contributed by atoms with Crippen LogP contribution < -0.4 is 5.73 Å². The van der Waals surface area contributed by atoms with E-state index in [4.69, 9.17) is 10.8 Å². The molecule has 5 heteroatoms. The normalized spacial score (nSPS) is 10.1. The van der Waals surface area contributed by atoms with Gasteiger partial charge in [-0.05, 0) is 29.8 Å². The van der Waals surface area contributed by atoms with Crippen molar-refractivity contribution in [1.29, 1.82) is 0 Å². The molecule has 0 unspecified atom stereocenters. The van der Waals surface area contributed by atoms with Crippen LogP contribution in [0.2, 0.25) is 0 Å². The Hall–Kier alpha value is -2.56. The fourth-order valence-electron chi connectivity index (χ4n) is 1.51. The first-order valence-corrected chi connectivity index (χ1v) is 4.87. The van der Waals surface area contributed by atoms with Gasteiger partial charge in [-0.15, -0.1) is 0 Å². The first kappa shape index (κ1) is 10.9. The van der Waals surface area contributed by atoms with Crippen LogP contribution in [0.4, 0.5) is 5.82 Å². The maximum Gasteiger partial charge on any atom is 0.354 e. The van der Waals surface area contributed by atoms with Crippen molar-refractivity contribution in [2.75, 3.05) is 5.73 Å². The minimum Gasteiger partial charge on any atom is -0.508 e. The van der Waals surface area contributed by atoms with Crippen LogP contribution in [0.1, 0.15) is 10.5 Å². The molecule has 5 nitrogen and oxygen atoms in total. The molecule has 0 aliphatic rings. The summed E-state index contributed by atoms with van der Waals surface area (Å²) in [6.07, 6.45) is 0. The van der Waals surface area contributed by atoms with Gasteiger partial charge in [-0.3, -0.25) is 0 Å². The van der Waals surface area contributed by atoms with Gasteiger partial charge in [0, 0.05) is 5.56 Å². The minimum absolute atomic E-state index is 0.105. The third kappa shape index (κ3) is 2.17. The molecule has 0 amide bonds. The third-order valence-electron chi connectivity index (χ3n) is 2.30. The zero-order valence-electron chi connectivity index (χ0n) is 8.79. The molecule has 0 radical (unpaired) electrons. The smallest absolute Gasteiger partial charge is 0.354 e. The van der Waals surface area contributed by atoms with Crippen molar-refractivity contribution in [3.63, 3.8) is 0 Å². The fraction of sp³-hybridized carbons (Fsp3) is 0. The van der Waals surface area contributed by atoms with Crippen LogP contribution in [0.25, 0.3) is 11.1 Å². The Labute approximate surface area is 97.2 Å². The maximum atomic E-state index is 10.7. The van der Waals surface area contributed by atoms with Crippen LogP contribution in [0.3, 0.4) is 0 Å². The molecule has 0 bridgehead atoms. The van der Waals surface area contributed by atoms with Crippen LogP contribution in [0.15, 0.2) is 36.4 Å². The Morgan fingerprint density at radius 1 is 1.24 bits per heavy atom. The number of nitrogens with zero attached hydrogens (tertiary/aromatic N) is 1. The highest BCUT2D eigenvalue weighted by atomic mass is 16.4. The number of aromatic nitrogens is 1. The lowest BCUT2D eigenvalue weighted by Crippen LogP contribution is -2.03. The zero-order valence-corrected chi connectivity index (χ0v) is 8.79. The van der Waals surface area contributed by atoms with Gasteiger partial charge in [0.1, 0.15) is 11.6 Å². The number of carboxylic acid groups (broad SMARTS) is 1. The summed E-state index contributed by atoms with van der Waals surface area (Å²) in [7, 11) is 0. The zero-order chi connectivity index (χ0) is 12.4. The Morgan fingerprint density at radius 3 is 2.59 bits per heavy atom. The van der Waals surface area contributed by atoms with Crippen LogP contribution in [0, 0.1) is 0 Å². The van der Waals surface area contributed by atoms with E-state index in [1.54, 1.807) is 24.3 Å². The lowest BCUT2D eigenvalue weighted by Gasteiger charge is -2.06. The van der Waals surface area contributed by atoms with Gasteiger partial charge in [0.2, 0.25) is 0 Å². The molecule has 0 aliphatic carbocycles. The highest BCUT2D eigenvalue weighted by molar-refractivity contribution is 5.87. The predicted octanol–water partition coefficient (Wildman–Crippen LogP) is 1.73. The average Bonchev–Trinajstić information content (AvgIpc) is 2.28. The molecule has 17 heavy (non-hydrogen) atoms. The fourth-order valence-corrected chi connectivity index (χ4v) is 1.51. The molecule has 0 fully saturated rings. The number of rotatable bonds is 2. The highest BCUT2D eigenvalue weighted by Gasteiger charge is 2.09. The number of nitrogen functional groups attached to an aromatic ring is 1. The summed E-state index contributed by atoms with van der Waals surface area (Å²) in [5, 5.41) is 18.1. The number of carbonyl (C=O) groups is 1. The molecule has 2 rings (SSSR count). The minimum atomic E-state index is -1.13. The highest BCUT2D eigenvalue weighted by Crippen LogP contribution is 2.27. The van der Waals surface area contributed by atoms with Crippen molar-refractivity contribution in [3.05, 3.63) is 42.1 Å². The summed E-state index contributed by atoms with van der Waals surface area (Å²) in [5.41, 5.74) is 6.86. The summed E-state index contributed by atoms with van der Waals surface area (Å²) in [6, 6.07) is 9.45. The standard InChI is InChI=1S/C12H10N2O3/c13-11-9(4-5-10(14-11)12(16)17)7-2-1-3-8(15)6-7/h1-6,15H,(H2,13,14)(H,16,17). The van der Waals surface area contributed by atoms with Gasteiger partial charge in [-0.1, -0.05) is 12.1 Å². The summed E-state index contributed by atoms with van der Waals surface area (Å²) in [5.74, 6) is -0.890. The number of anilines is 1. The molecule has 0 spiro atoms. The number of benzene rings is 1. The number of aromatic carboxylic acids is 1. The molecule has 1 heterocycles. The molecule has 1 aromatic carbocycles. The van der Waals surface area contributed by atoms with E-state index in [0.29, 0.717) is 11.1 Å². The van der Waals surface area contributed by atoms with Crippen molar-refractivity contribution < 1.29 is 15.0 Å². The Bertz CT molecular complexity index is 582. The predicted molar refractivity (Wildman–Crippen MR) is 62.7 cm³/mol. The van der Waals surface area contributed by atoms with E-state index in [2.05, 4.69) is 4.98 Å². The van der Waals surface area contributed by atoms with E-state index >= 15 is 0 Å². The number of hydrogen-bond acceptors (Lipinski definition) is 4. The molecular weight excluding hydrogens is 220 g/mol. The van der Waals surface area contributed by atoms with E-state index in [-0.39, 0.29) is 17.3 Å². The molecule has 0 atom stereocenters. The van der Waals surface area contributed by atoms with Gasteiger partial charge in [-0.2, -0.15) is 0 Å². The van der Waals surface area contributed by atoms with E-state index in [1.807, 2.05) is 0 Å². The number of aromatic hydroxyl groups is 1. The van der Waals surface area contributed by atoms with Crippen LogP contribution in [-0.4, -0.2) is 21.2 Å². The summed E-state index contributed by atoms with van der Waals surface area (Å²) >= 11 is 0. The number of phenols is 1. The Balaban J connectivity index is 2.50. The number of carboxylic acids is 1. The molecule has 2 aromatic rings. The van der Waals surface area contributed by atoms with E-state index in [0.717, 1.165) is 0 Å². The molecule has 0 saturated carbocycles. The lowest BCUT2D eigenvalue weighted by molar-refractivity contribution is 0.0690. The van der Waals surface area contributed by atoms with E-state index in [9.17, 15) is 9.90 Å². The van der Waals surface area contributed by atoms with E-state index < -0.39 is 5.97 Å². The second-order valence-electron chi connectivity index (χ2n) is 3.48. The van der Waals surface area contributed by atoms with Crippen molar-refractivity contribution in [1.82, 2.24) is 4.98 Å². The number of pyridine rings is 1. The first-order chi connectivity index (χ1) is 8.08. The van der Waals surface area contributed by atoms with Crippen LogP contribution in [0.5, 0.6) is 5.75 Å². The van der Waals surface area contributed by atoms with Gasteiger partial charge >= 0.3 is 5.97 Å². The van der Waals surface area contributed by atoms with Crippen molar-refractivity contribution in [3.8, 4) is 16.9 Å². The Kier molecular flexibility index (Phi) is 2.66. The van der Waals surface area contributed by atoms with Crippen molar-refractivity contribution in [2.24, 2.45) is 0 Å². The molecule has 0 aliphatic heterocycles. The van der Waals surface area contributed by atoms with Crippen molar-refractivity contribution >= 4 is 11.8 Å². The molecule has 86 valence electrons. The number of phenolic OH excluding ortho intramolecular Hbond substituents is 1. The summed E-state index contributed by atoms with van der Waals surface area (Å²) in [6.45, 7) is 0. The molecular formula is C12H10N2O3. The first-order valence-electron chi connectivity index (χ1n) is 4.87. The SMILES string of the molecule is Nc1nc(C(=O)O)ccc1-c1cccc(O)c1. The number of hydrogen-bond donors (Lipinski definition) is 3. The summed E-state index contributed by atoms with van der Waals surface area (Å²) < 4.78 is 0. The van der Waals surface area contributed by atoms with Gasteiger partial charge in [0.15, 0.2) is 5.69 Å². The summed E-state index contributed by atoms with van der Waals surface area (Å²) in [4.78, 5) is 14.5. The monoisotopic (exact) mass is 230 g/mol. The van der Waals surface area contributed by atoms with Crippen LogP contribution >= 0.6 is 0 Å². The Morgan fingerprint density at radius 2 is 2.00 bits per heavy atom. The second-order valence-corrected chi connectivity index (χ2v) is 3.48. The topological polar surface area (TPSA) is 96.4 Å². The van der Waals surface area contributed by atoms with E-state index in [1.165, 1.54) is 12.1 Å². The largest absolute Gasteiger partial charge is 0.508 e. The molecule has 4 N–H and O–H groups in total. The van der Waals surface area contributed by atoms with Gasteiger partial charge in [0.25, 0.3) is 0 Å². The lowest BCUT2D eigenvalue weighted by atomic mass is 10.1. The quantitative estimate of drug-likeness (QED) is 0.730. The van der Waals surface area contributed by atoms with Gasteiger partial charge in [0.05, 0.1) is 0 Å². The van der Waals surface area contributed by atoms with Crippen LogP contribution in [-0.2, 0) is 0 Å². The molecule has 0 saturated heterocycles. The molecule has 1 aromatic heterocycles. The van der Waals surface area contributed by atoms with Gasteiger partial charge < -0.3 is 15.9 Å². The second kappa shape index (κ2) is 4.13. The average molecular weight is 230 g/mol. The van der Waals surface area contributed by atoms with Crippen molar-refractivity contribution in [2.45, 2.75) is 0 Å².